The molecule has 2 fully saturated rings. The van der Waals surface area contributed by atoms with Crippen LogP contribution >= 0.6 is 0 Å². The van der Waals surface area contributed by atoms with E-state index in [0.29, 0.717) is 0 Å². The fourth-order valence-electron chi connectivity index (χ4n) is 4.00. The van der Waals surface area contributed by atoms with E-state index in [2.05, 4.69) is 52.6 Å². The molecule has 2 aliphatic heterocycles. The molecule has 0 spiro atoms. The Balaban J connectivity index is 1.54. The van der Waals surface area contributed by atoms with Gasteiger partial charge in [0.2, 0.25) is 0 Å². The summed E-state index contributed by atoms with van der Waals surface area (Å²) >= 11 is 0. The smallest absolute Gasteiger partial charge is 0.0403 e. The van der Waals surface area contributed by atoms with Gasteiger partial charge in [-0.2, -0.15) is 0 Å². The predicted molar refractivity (Wildman–Crippen MR) is 92.6 cm³/mol. The van der Waals surface area contributed by atoms with Gasteiger partial charge in [-0.3, -0.25) is 14.8 Å². The second kappa shape index (κ2) is 6.97. The first-order valence-corrected chi connectivity index (χ1v) is 8.82. The van der Waals surface area contributed by atoms with Gasteiger partial charge < -0.3 is 4.90 Å². The second-order valence-corrected chi connectivity index (χ2v) is 6.82. The minimum Gasteiger partial charge on any atom is -0.369 e. The number of pyridine rings is 1. The van der Waals surface area contributed by atoms with Crippen LogP contribution in [0.25, 0.3) is 0 Å². The van der Waals surface area contributed by atoms with Crippen molar-refractivity contribution < 1.29 is 0 Å². The van der Waals surface area contributed by atoms with Gasteiger partial charge in [0.25, 0.3) is 0 Å². The fourth-order valence-corrected chi connectivity index (χ4v) is 4.00. The quantitative estimate of drug-likeness (QED) is 0.851. The van der Waals surface area contributed by atoms with Crippen LogP contribution in [0.3, 0.4) is 0 Å². The van der Waals surface area contributed by atoms with Crippen molar-refractivity contribution in [3.63, 3.8) is 0 Å². The molecule has 2 saturated heterocycles. The van der Waals surface area contributed by atoms with Crippen molar-refractivity contribution in [2.75, 3.05) is 50.7 Å². The summed E-state index contributed by atoms with van der Waals surface area (Å²) in [7, 11) is 0. The molecule has 0 aromatic carbocycles. The molecule has 0 saturated carbocycles. The number of hydrogen-bond donors (Lipinski definition) is 0. The molecule has 1 aromatic heterocycles. The highest BCUT2D eigenvalue weighted by Gasteiger charge is 2.26. The maximum absolute atomic E-state index is 4.49. The number of likely N-dealkylation sites (N-methyl/N-ethyl adjacent to an activating group) is 1. The summed E-state index contributed by atoms with van der Waals surface area (Å²) in [4.78, 5) is 12.3. The van der Waals surface area contributed by atoms with E-state index >= 15 is 0 Å². The van der Waals surface area contributed by atoms with Gasteiger partial charge in [0, 0.05) is 55.8 Å². The lowest BCUT2D eigenvalue weighted by Crippen LogP contribution is -2.50. The van der Waals surface area contributed by atoms with Crippen LogP contribution in [0.15, 0.2) is 12.1 Å². The van der Waals surface area contributed by atoms with Crippen molar-refractivity contribution in [1.29, 1.82) is 0 Å². The number of aryl methyl sites for hydroxylation is 2. The molecule has 0 radical (unpaired) electrons. The molecule has 0 N–H and O–H groups in total. The average molecular weight is 302 g/mol. The first-order chi connectivity index (χ1) is 10.7. The van der Waals surface area contributed by atoms with Crippen molar-refractivity contribution in [1.82, 2.24) is 14.8 Å². The molecule has 3 rings (SSSR count). The van der Waals surface area contributed by atoms with E-state index < -0.39 is 0 Å². The van der Waals surface area contributed by atoms with E-state index in [4.69, 9.17) is 0 Å². The lowest BCUT2D eigenvalue weighted by molar-refractivity contribution is 0.170. The molecule has 1 atom stereocenters. The average Bonchev–Trinajstić information content (AvgIpc) is 2.94. The van der Waals surface area contributed by atoms with E-state index in [9.17, 15) is 0 Å². The number of hydrogen-bond acceptors (Lipinski definition) is 4. The molecule has 122 valence electrons. The fraction of sp³-hybridized carbons (Fsp3) is 0.722. The third-order valence-electron chi connectivity index (χ3n) is 5.18. The molecule has 0 bridgehead atoms. The van der Waals surface area contributed by atoms with Crippen LogP contribution < -0.4 is 4.90 Å². The number of aromatic nitrogens is 1. The Labute approximate surface area is 135 Å². The molecule has 2 aliphatic rings. The van der Waals surface area contributed by atoms with Crippen LogP contribution in [-0.2, 0) is 0 Å². The Bertz CT molecular complexity index is 474. The van der Waals surface area contributed by atoms with Gasteiger partial charge in [-0.25, -0.2) is 0 Å². The standard InChI is InChI=1S/C18H30N4/c1-4-21-7-5-6-17(21)14-20-8-10-22(11-9-20)18-12-15(2)19-16(3)13-18/h12-13,17H,4-11,14H2,1-3H3. The molecule has 4 nitrogen and oxygen atoms in total. The monoisotopic (exact) mass is 302 g/mol. The van der Waals surface area contributed by atoms with Gasteiger partial charge in [0.1, 0.15) is 0 Å². The molecule has 3 heterocycles. The predicted octanol–water partition coefficient (Wildman–Crippen LogP) is 2.30. The molecule has 0 aliphatic carbocycles. The molecule has 1 unspecified atom stereocenters. The first-order valence-electron chi connectivity index (χ1n) is 8.82. The van der Waals surface area contributed by atoms with E-state index in [-0.39, 0.29) is 0 Å². The van der Waals surface area contributed by atoms with E-state index in [1.807, 2.05) is 0 Å². The summed E-state index contributed by atoms with van der Waals surface area (Å²) in [5, 5.41) is 0. The number of likely N-dealkylation sites (tertiary alicyclic amines) is 1. The lowest BCUT2D eigenvalue weighted by Gasteiger charge is -2.38. The van der Waals surface area contributed by atoms with Crippen LogP contribution in [0.2, 0.25) is 0 Å². The number of piperazine rings is 1. The van der Waals surface area contributed by atoms with Crippen LogP contribution in [0, 0.1) is 13.8 Å². The van der Waals surface area contributed by atoms with Crippen molar-refractivity contribution in [2.45, 2.75) is 39.7 Å². The lowest BCUT2D eigenvalue weighted by atomic mass is 10.1. The number of nitrogens with zero attached hydrogens (tertiary/aromatic N) is 4. The Morgan fingerprint density at radius 1 is 1.05 bits per heavy atom. The highest BCUT2D eigenvalue weighted by atomic mass is 15.3. The zero-order valence-corrected chi connectivity index (χ0v) is 14.4. The van der Waals surface area contributed by atoms with Crippen molar-refractivity contribution >= 4 is 5.69 Å². The first kappa shape index (κ1) is 15.8. The number of anilines is 1. The molecular weight excluding hydrogens is 272 g/mol. The van der Waals surface area contributed by atoms with Crippen LogP contribution in [0.1, 0.15) is 31.2 Å². The van der Waals surface area contributed by atoms with Crippen LogP contribution in [0.5, 0.6) is 0 Å². The van der Waals surface area contributed by atoms with E-state index in [1.54, 1.807) is 0 Å². The molecule has 4 heteroatoms. The third-order valence-corrected chi connectivity index (χ3v) is 5.18. The minimum absolute atomic E-state index is 0.793. The van der Waals surface area contributed by atoms with E-state index in [0.717, 1.165) is 30.5 Å². The Morgan fingerprint density at radius 3 is 2.36 bits per heavy atom. The van der Waals surface area contributed by atoms with Gasteiger partial charge in [-0.15, -0.1) is 0 Å². The highest BCUT2D eigenvalue weighted by Crippen LogP contribution is 2.21. The molecular formula is C18H30N4. The minimum atomic E-state index is 0.793. The summed E-state index contributed by atoms with van der Waals surface area (Å²) in [6.07, 6.45) is 2.77. The third kappa shape index (κ3) is 3.61. The Morgan fingerprint density at radius 2 is 1.73 bits per heavy atom. The van der Waals surface area contributed by atoms with Crippen LogP contribution in [-0.4, -0.2) is 66.6 Å². The summed E-state index contributed by atoms with van der Waals surface area (Å²) < 4.78 is 0. The zero-order valence-electron chi connectivity index (χ0n) is 14.4. The van der Waals surface area contributed by atoms with Gasteiger partial charge in [0.15, 0.2) is 0 Å². The second-order valence-electron chi connectivity index (χ2n) is 6.82. The summed E-state index contributed by atoms with van der Waals surface area (Å²) in [5.41, 5.74) is 3.60. The van der Waals surface area contributed by atoms with Crippen molar-refractivity contribution in [2.24, 2.45) is 0 Å². The van der Waals surface area contributed by atoms with Gasteiger partial charge >= 0.3 is 0 Å². The number of rotatable bonds is 4. The van der Waals surface area contributed by atoms with Crippen LogP contribution in [0.4, 0.5) is 5.69 Å². The summed E-state index contributed by atoms with van der Waals surface area (Å²) in [5.74, 6) is 0. The largest absolute Gasteiger partial charge is 0.369 e. The van der Waals surface area contributed by atoms with Crippen molar-refractivity contribution in [3.05, 3.63) is 23.5 Å². The summed E-state index contributed by atoms with van der Waals surface area (Å²) in [6.45, 7) is 14.9. The van der Waals surface area contributed by atoms with E-state index in [1.165, 1.54) is 51.3 Å². The van der Waals surface area contributed by atoms with Crippen molar-refractivity contribution in [3.8, 4) is 0 Å². The maximum Gasteiger partial charge on any atom is 0.0403 e. The highest BCUT2D eigenvalue weighted by molar-refractivity contribution is 5.48. The molecule has 0 amide bonds. The zero-order chi connectivity index (χ0) is 15.5. The SMILES string of the molecule is CCN1CCCC1CN1CCN(c2cc(C)nc(C)c2)CC1. The summed E-state index contributed by atoms with van der Waals surface area (Å²) in [6, 6.07) is 5.23. The van der Waals surface area contributed by atoms with Gasteiger partial charge in [0.05, 0.1) is 0 Å². The Hall–Kier alpha value is -1.13. The molecule has 1 aromatic rings. The normalized spacial score (nSPS) is 24.1. The maximum atomic E-state index is 4.49. The van der Waals surface area contributed by atoms with Gasteiger partial charge in [-0.05, 0) is 51.9 Å². The van der Waals surface area contributed by atoms with Gasteiger partial charge in [-0.1, -0.05) is 6.92 Å². The molecule has 22 heavy (non-hydrogen) atoms. The topological polar surface area (TPSA) is 22.6 Å². The Kier molecular flexibility index (Phi) is 4.99.